The molecule has 0 aliphatic rings. The number of aryl methyl sites for hydroxylation is 2. The molecule has 2 rings (SSSR count). The Kier molecular flexibility index (Phi) is 6.37. The van der Waals surface area contributed by atoms with Crippen LogP contribution in [0.3, 0.4) is 0 Å². The van der Waals surface area contributed by atoms with E-state index in [-0.39, 0.29) is 0 Å². The van der Waals surface area contributed by atoms with Crippen LogP contribution in [0.1, 0.15) is 48.6 Å². The van der Waals surface area contributed by atoms with Crippen LogP contribution in [0, 0.1) is 13.8 Å². The van der Waals surface area contributed by atoms with Crippen molar-refractivity contribution >= 4 is 0 Å². The molecule has 2 aromatic carbocycles. The van der Waals surface area contributed by atoms with Crippen molar-refractivity contribution in [2.75, 3.05) is 6.54 Å². The molecule has 0 fully saturated rings. The number of aliphatic hydroxyl groups is 1. The van der Waals surface area contributed by atoms with Gasteiger partial charge in [-0.15, -0.1) is 0 Å². The van der Waals surface area contributed by atoms with E-state index in [0.29, 0.717) is 12.6 Å². The largest absolute Gasteiger partial charge is 0.387 e. The van der Waals surface area contributed by atoms with E-state index in [1.165, 1.54) is 16.7 Å². The van der Waals surface area contributed by atoms with Gasteiger partial charge in [-0.25, -0.2) is 0 Å². The summed E-state index contributed by atoms with van der Waals surface area (Å²) in [5, 5.41) is 10.6. The zero-order valence-electron chi connectivity index (χ0n) is 14.8. The van der Waals surface area contributed by atoms with Crippen LogP contribution in [-0.4, -0.2) is 22.6 Å². The molecule has 1 N–H and O–H groups in total. The maximum absolute atomic E-state index is 10.6. The van der Waals surface area contributed by atoms with Gasteiger partial charge < -0.3 is 5.11 Å². The van der Waals surface area contributed by atoms with E-state index >= 15 is 0 Å². The molecule has 0 aliphatic heterocycles. The fourth-order valence-electron chi connectivity index (χ4n) is 2.90. The minimum Gasteiger partial charge on any atom is -0.387 e. The molecule has 23 heavy (non-hydrogen) atoms. The van der Waals surface area contributed by atoms with Crippen LogP contribution in [0.5, 0.6) is 0 Å². The van der Waals surface area contributed by atoms with Crippen LogP contribution < -0.4 is 0 Å². The molecule has 124 valence electrons. The lowest BCUT2D eigenvalue weighted by molar-refractivity contribution is 0.0846. The van der Waals surface area contributed by atoms with Gasteiger partial charge in [0.05, 0.1) is 6.10 Å². The number of hydrogen-bond acceptors (Lipinski definition) is 2. The molecule has 0 radical (unpaired) electrons. The highest BCUT2D eigenvalue weighted by molar-refractivity contribution is 5.30. The van der Waals surface area contributed by atoms with Gasteiger partial charge in [0.15, 0.2) is 0 Å². The Labute approximate surface area is 140 Å². The zero-order chi connectivity index (χ0) is 16.8. The molecule has 0 aromatic heterocycles. The molecule has 0 saturated heterocycles. The summed E-state index contributed by atoms with van der Waals surface area (Å²) in [6, 6.07) is 17.0. The minimum absolute atomic E-state index is 0.439. The van der Waals surface area contributed by atoms with Crippen LogP contribution >= 0.6 is 0 Å². The monoisotopic (exact) mass is 311 g/mol. The Balaban J connectivity index is 2.14. The van der Waals surface area contributed by atoms with E-state index in [2.05, 4.69) is 50.8 Å². The maximum atomic E-state index is 10.6. The Bertz CT molecular complexity index is 608. The summed E-state index contributed by atoms with van der Waals surface area (Å²) >= 11 is 0. The molecule has 2 atom stereocenters. The van der Waals surface area contributed by atoms with Crippen molar-refractivity contribution in [1.82, 2.24) is 4.90 Å². The number of rotatable bonds is 7. The van der Waals surface area contributed by atoms with Gasteiger partial charge >= 0.3 is 0 Å². The van der Waals surface area contributed by atoms with Crippen LogP contribution in [-0.2, 0) is 6.54 Å². The van der Waals surface area contributed by atoms with Crippen LogP contribution in [0.25, 0.3) is 0 Å². The van der Waals surface area contributed by atoms with E-state index < -0.39 is 6.10 Å². The average Bonchev–Trinajstić information content (AvgIpc) is 2.56. The Morgan fingerprint density at radius 1 is 1.04 bits per heavy atom. The van der Waals surface area contributed by atoms with E-state index in [1.807, 2.05) is 30.3 Å². The highest BCUT2D eigenvalue weighted by atomic mass is 16.3. The van der Waals surface area contributed by atoms with Crippen molar-refractivity contribution < 1.29 is 5.11 Å². The Morgan fingerprint density at radius 2 is 1.74 bits per heavy atom. The molecule has 0 amide bonds. The predicted octanol–water partition coefficient (Wildman–Crippen LogP) is 4.64. The van der Waals surface area contributed by atoms with Crippen molar-refractivity contribution in [1.29, 1.82) is 0 Å². The highest BCUT2D eigenvalue weighted by Gasteiger charge is 2.18. The average molecular weight is 311 g/mol. The summed E-state index contributed by atoms with van der Waals surface area (Å²) in [6.45, 7) is 10.3. The fourth-order valence-corrected chi connectivity index (χ4v) is 2.90. The van der Waals surface area contributed by atoms with E-state index in [1.54, 1.807) is 0 Å². The first-order chi connectivity index (χ1) is 11.0. The first kappa shape index (κ1) is 17.7. The van der Waals surface area contributed by atoms with Gasteiger partial charge in [-0.1, -0.05) is 61.0 Å². The minimum atomic E-state index is -0.448. The molecule has 2 heteroatoms. The molecule has 0 unspecified atom stereocenters. The standard InChI is InChI=1S/C21H29NO/c1-5-18(4)22(14-20-12-11-16(2)13-17(20)3)15-21(23)19-9-7-6-8-10-19/h6-13,18,21,23H,5,14-15H2,1-4H3/t18-,21-/m1/s1. The van der Waals surface area contributed by atoms with Crippen molar-refractivity contribution in [3.05, 3.63) is 70.8 Å². The summed E-state index contributed by atoms with van der Waals surface area (Å²) in [6.07, 6.45) is 0.628. The summed E-state index contributed by atoms with van der Waals surface area (Å²) in [4.78, 5) is 2.38. The molecular formula is C21H29NO. The van der Waals surface area contributed by atoms with E-state index in [9.17, 15) is 5.11 Å². The van der Waals surface area contributed by atoms with Gasteiger partial charge in [0.2, 0.25) is 0 Å². The van der Waals surface area contributed by atoms with E-state index in [4.69, 9.17) is 0 Å². The van der Waals surface area contributed by atoms with Gasteiger partial charge in [-0.2, -0.15) is 0 Å². The number of hydrogen-bond donors (Lipinski definition) is 1. The third-order valence-electron chi connectivity index (χ3n) is 4.68. The van der Waals surface area contributed by atoms with Crippen LogP contribution in [0.15, 0.2) is 48.5 Å². The van der Waals surface area contributed by atoms with Crippen LogP contribution in [0.2, 0.25) is 0 Å². The maximum Gasteiger partial charge on any atom is 0.0917 e. The lowest BCUT2D eigenvalue weighted by Gasteiger charge is -2.31. The second kappa shape index (κ2) is 8.28. The zero-order valence-corrected chi connectivity index (χ0v) is 14.8. The summed E-state index contributed by atoms with van der Waals surface area (Å²) in [7, 11) is 0. The molecule has 0 saturated carbocycles. The van der Waals surface area contributed by atoms with Crippen molar-refractivity contribution in [3.8, 4) is 0 Å². The number of nitrogens with zero attached hydrogens (tertiary/aromatic N) is 1. The lowest BCUT2D eigenvalue weighted by Crippen LogP contribution is -2.36. The topological polar surface area (TPSA) is 23.5 Å². The normalized spacial score (nSPS) is 14.0. The smallest absolute Gasteiger partial charge is 0.0917 e. The first-order valence-corrected chi connectivity index (χ1v) is 8.54. The van der Waals surface area contributed by atoms with Crippen molar-refractivity contribution in [2.24, 2.45) is 0 Å². The molecule has 0 heterocycles. The van der Waals surface area contributed by atoms with Gasteiger partial charge in [0, 0.05) is 19.1 Å². The van der Waals surface area contributed by atoms with Crippen molar-refractivity contribution in [3.63, 3.8) is 0 Å². The quantitative estimate of drug-likeness (QED) is 0.805. The molecule has 0 aliphatic carbocycles. The molecule has 0 bridgehead atoms. The molecular weight excluding hydrogens is 282 g/mol. The van der Waals surface area contributed by atoms with Crippen molar-refractivity contribution in [2.45, 2.75) is 52.8 Å². The fraction of sp³-hybridized carbons (Fsp3) is 0.429. The summed E-state index contributed by atoms with van der Waals surface area (Å²) in [5.41, 5.74) is 4.95. The molecule has 0 spiro atoms. The highest BCUT2D eigenvalue weighted by Crippen LogP contribution is 2.20. The summed E-state index contributed by atoms with van der Waals surface area (Å²) in [5.74, 6) is 0. The van der Waals surface area contributed by atoms with Crippen LogP contribution in [0.4, 0.5) is 0 Å². The number of benzene rings is 2. The van der Waals surface area contributed by atoms with Gasteiger partial charge in [0.25, 0.3) is 0 Å². The van der Waals surface area contributed by atoms with Gasteiger partial charge in [-0.3, -0.25) is 4.90 Å². The van der Waals surface area contributed by atoms with Gasteiger partial charge in [-0.05, 0) is 43.9 Å². The predicted molar refractivity (Wildman–Crippen MR) is 97.5 cm³/mol. The third kappa shape index (κ3) is 4.92. The third-order valence-corrected chi connectivity index (χ3v) is 4.68. The first-order valence-electron chi connectivity index (χ1n) is 8.54. The second-order valence-electron chi connectivity index (χ2n) is 6.54. The summed E-state index contributed by atoms with van der Waals surface area (Å²) < 4.78 is 0. The molecule has 2 nitrogen and oxygen atoms in total. The molecule has 2 aromatic rings. The lowest BCUT2D eigenvalue weighted by atomic mass is 10.0. The second-order valence-corrected chi connectivity index (χ2v) is 6.54. The number of aliphatic hydroxyl groups excluding tert-OH is 1. The Hall–Kier alpha value is -1.64. The van der Waals surface area contributed by atoms with Gasteiger partial charge in [0.1, 0.15) is 0 Å². The Morgan fingerprint density at radius 3 is 2.35 bits per heavy atom. The SMILES string of the molecule is CC[C@@H](C)N(Cc1ccc(C)cc1C)C[C@@H](O)c1ccccc1. The van der Waals surface area contributed by atoms with E-state index in [0.717, 1.165) is 18.5 Å².